The van der Waals surface area contributed by atoms with E-state index in [1.807, 2.05) is 60.7 Å². The molecule has 188 valence electrons. The summed E-state index contributed by atoms with van der Waals surface area (Å²) in [6.07, 6.45) is 0. The van der Waals surface area contributed by atoms with E-state index in [0.717, 1.165) is 23.0 Å². The van der Waals surface area contributed by atoms with Gasteiger partial charge in [0.25, 0.3) is 0 Å². The van der Waals surface area contributed by atoms with Crippen LogP contribution in [0.2, 0.25) is 0 Å². The van der Waals surface area contributed by atoms with E-state index < -0.39 is 18.4 Å². The summed E-state index contributed by atoms with van der Waals surface area (Å²) in [5.41, 5.74) is 0. The van der Waals surface area contributed by atoms with E-state index in [1.165, 1.54) is 14.3 Å². The number of benzene rings is 6. The van der Waals surface area contributed by atoms with Crippen molar-refractivity contribution in [3.8, 4) is 23.0 Å². The molecule has 6 rings (SSSR count). The molecule has 0 fully saturated rings. The fourth-order valence-corrected chi connectivity index (χ4v) is 18.6. The molecule has 0 saturated heterocycles. The van der Waals surface area contributed by atoms with Gasteiger partial charge in [-0.05, 0) is 0 Å². The van der Waals surface area contributed by atoms with E-state index in [4.69, 9.17) is 9.47 Å². The molecule has 0 aromatic heterocycles. The summed E-state index contributed by atoms with van der Waals surface area (Å²) in [7, 11) is 0. The first-order valence-corrected chi connectivity index (χ1v) is 18.8. The van der Waals surface area contributed by atoms with Crippen LogP contribution in [0.4, 0.5) is 0 Å². The average Bonchev–Trinajstić information content (AvgIpc) is 3.01. The van der Waals surface area contributed by atoms with Crippen LogP contribution in [0.25, 0.3) is 0 Å². The quantitative estimate of drug-likeness (QED) is 0.180. The Morgan fingerprint density at radius 2 is 0.513 bits per heavy atom. The second kappa shape index (κ2) is 11.6. The van der Waals surface area contributed by atoms with Crippen LogP contribution in [0.5, 0.6) is 23.0 Å². The van der Waals surface area contributed by atoms with Crippen LogP contribution in [0.15, 0.2) is 170 Å². The molecule has 2 nitrogen and oxygen atoms in total. The molecule has 0 bridgehead atoms. The van der Waals surface area contributed by atoms with Crippen LogP contribution in [-0.2, 0) is 0 Å². The molecule has 0 aliphatic heterocycles. The minimum absolute atomic E-state index is 0.831. The molecule has 0 aliphatic carbocycles. The van der Waals surface area contributed by atoms with Crippen LogP contribution in [-0.4, -0.2) is 18.4 Å². The molecule has 3 heteroatoms. The average molecular weight is 611 g/mol. The molecule has 0 atom stereocenters. The third kappa shape index (κ3) is 5.34. The predicted octanol–water partition coefficient (Wildman–Crippen LogP) is 6.65. The zero-order valence-electron chi connectivity index (χ0n) is 21.5. The maximum atomic E-state index is 6.14. The van der Waals surface area contributed by atoms with Crippen LogP contribution in [0, 0.1) is 0 Å². The van der Waals surface area contributed by atoms with Crippen molar-refractivity contribution in [3.63, 3.8) is 0 Å². The van der Waals surface area contributed by atoms with E-state index in [2.05, 4.69) is 109 Å². The first-order valence-electron chi connectivity index (χ1n) is 13.1. The van der Waals surface area contributed by atoms with Crippen LogP contribution in [0.1, 0.15) is 0 Å². The first kappa shape index (κ1) is 25.0. The second-order valence-electron chi connectivity index (χ2n) is 9.36. The molecular weight excluding hydrogens is 583 g/mol. The van der Waals surface area contributed by atoms with Gasteiger partial charge in [-0.25, -0.2) is 0 Å². The molecule has 39 heavy (non-hydrogen) atoms. The summed E-state index contributed by atoms with van der Waals surface area (Å²) in [6, 6.07) is 59.3. The van der Waals surface area contributed by atoms with Gasteiger partial charge in [0.05, 0.1) is 0 Å². The van der Waals surface area contributed by atoms with E-state index >= 15 is 0 Å². The summed E-state index contributed by atoms with van der Waals surface area (Å²) in [6.45, 7) is 0. The molecule has 0 radical (unpaired) electrons. The molecule has 6 aromatic rings. The molecule has 0 heterocycles. The van der Waals surface area contributed by atoms with Gasteiger partial charge in [0.15, 0.2) is 0 Å². The van der Waals surface area contributed by atoms with E-state index in [-0.39, 0.29) is 0 Å². The van der Waals surface area contributed by atoms with Crippen molar-refractivity contribution < 1.29 is 9.47 Å². The van der Waals surface area contributed by atoms with E-state index in [1.54, 1.807) is 0 Å². The number of para-hydroxylation sites is 2. The fraction of sp³-hybridized carbons (Fsp3) is 0. The van der Waals surface area contributed by atoms with Gasteiger partial charge in [0.1, 0.15) is 0 Å². The van der Waals surface area contributed by atoms with Gasteiger partial charge >= 0.3 is 235 Å². The zero-order valence-corrected chi connectivity index (χ0v) is 24.3. The predicted molar refractivity (Wildman–Crippen MR) is 163 cm³/mol. The Morgan fingerprint density at radius 1 is 0.256 bits per heavy atom. The summed E-state index contributed by atoms with van der Waals surface area (Å²) < 4.78 is 17.8. The van der Waals surface area contributed by atoms with Gasteiger partial charge in [0.2, 0.25) is 0 Å². The maximum absolute atomic E-state index is 6.14. The van der Waals surface area contributed by atoms with Crippen LogP contribution < -0.4 is 23.8 Å². The summed E-state index contributed by atoms with van der Waals surface area (Å²) in [5, 5.41) is 0. The zero-order chi connectivity index (χ0) is 26.3. The van der Waals surface area contributed by atoms with Gasteiger partial charge in [-0.15, -0.1) is 0 Å². The molecule has 6 aromatic carbocycles. The van der Waals surface area contributed by atoms with Crippen molar-refractivity contribution in [1.29, 1.82) is 0 Å². The third-order valence-corrected chi connectivity index (χ3v) is 20.6. The Kier molecular flexibility index (Phi) is 7.46. The number of ether oxygens (including phenoxy) is 2. The van der Waals surface area contributed by atoms with Crippen molar-refractivity contribution in [2.24, 2.45) is 0 Å². The van der Waals surface area contributed by atoms with Gasteiger partial charge in [0, 0.05) is 0 Å². The molecule has 0 spiro atoms. The topological polar surface area (TPSA) is 18.5 Å². The normalized spacial score (nSPS) is 11.1. The standard InChI is InChI=1S/2C12H9O.2C6H5.Sn/c2*1-3-7-11(8-4-1)13-12-9-5-2-6-10-12;2*1-2-4-6-5-3-1;/h2*1,3-10H;2*1-5H;. The van der Waals surface area contributed by atoms with Crippen LogP contribution in [0.3, 0.4) is 0 Å². The van der Waals surface area contributed by atoms with Crippen molar-refractivity contribution in [2.75, 3.05) is 0 Å². The SMILES string of the molecule is c1ccc(Oc2cc[c]([Sn]([c]3ccccc3)([c]3ccccc3)[c]3ccc(Oc4ccccc4)cc3)cc2)cc1. The Bertz CT molecular complexity index is 1480. The van der Waals surface area contributed by atoms with Crippen molar-refractivity contribution >= 4 is 32.7 Å². The first-order chi connectivity index (χ1) is 19.3. The van der Waals surface area contributed by atoms with Crippen molar-refractivity contribution in [1.82, 2.24) is 0 Å². The molecule has 0 aliphatic rings. The Balaban J connectivity index is 1.47. The van der Waals surface area contributed by atoms with Crippen molar-refractivity contribution in [2.45, 2.75) is 0 Å². The number of hydrogen-bond acceptors (Lipinski definition) is 2. The Hall–Kier alpha value is -4.28. The van der Waals surface area contributed by atoms with Gasteiger partial charge in [-0.1, -0.05) is 0 Å². The Labute approximate surface area is 234 Å². The van der Waals surface area contributed by atoms with E-state index in [0.29, 0.717) is 0 Å². The number of rotatable bonds is 8. The Morgan fingerprint density at radius 3 is 0.846 bits per heavy atom. The third-order valence-electron chi connectivity index (χ3n) is 6.95. The second-order valence-corrected chi connectivity index (χ2v) is 20.2. The summed E-state index contributed by atoms with van der Waals surface area (Å²) in [4.78, 5) is 0. The van der Waals surface area contributed by atoms with Crippen LogP contribution >= 0.6 is 0 Å². The molecule has 0 N–H and O–H groups in total. The molecule has 0 saturated carbocycles. The fourth-order valence-electron chi connectivity index (χ4n) is 5.17. The van der Waals surface area contributed by atoms with Gasteiger partial charge < -0.3 is 0 Å². The molecule has 0 amide bonds. The monoisotopic (exact) mass is 612 g/mol. The van der Waals surface area contributed by atoms with E-state index in [9.17, 15) is 0 Å². The van der Waals surface area contributed by atoms with Crippen molar-refractivity contribution in [3.05, 3.63) is 170 Å². The minimum atomic E-state index is -3.72. The summed E-state index contributed by atoms with van der Waals surface area (Å²) >= 11 is -3.72. The number of hydrogen-bond donors (Lipinski definition) is 0. The van der Waals surface area contributed by atoms with Gasteiger partial charge in [-0.3, -0.25) is 0 Å². The molecule has 0 unspecified atom stereocenters. The molecular formula is C36H28O2Sn. The summed E-state index contributed by atoms with van der Waals surface area (Å²) in [5.74, 6) is 3.33. The van der Waals surface area contributed by atoms with Gasteiger partial charge in [-0.2, -0.15) is 0 Å².